The molecular weight excluding hydrogens is 338 g/mol. The molecular formula is C14H18BrN3O3. The van der Waals surface area contributed by atoms with Gasteiger partial charge in [0.05, 0.1) is 10.5 Å². The van der Waals surface area contributed by atoms with E-state index in [1.165, 1.54) is 25.0 Å². The highest BCUT2D eigenvalue weighted by Gasteiger charge is 2.27. The average Bonchev–Trinajstić information content (AvgIpc) is 3.27. The highest BCUT2D eigenvalue weighted by atomic mass is 79.9. The molecule has 0 radical (unpaired) electrons. The van der Waals surface area contributed by atoms with E-state index in [2.05, 4.69) is 33.1 Å². The van der Waals surface area contributed by atoms with Crippen LogP contribution in [-0.2, 0) is 0 Å². The molecule has 0 saturated heterocycles. The van der Waals surface area contributed by atoms with Crippen LogP contribution in [0.2, 0.25) is 0 Å². The zero-order valence-corrected chi connectivity index (χ0v) is 13.4. The van der Waals surface area contributed by atoms with E-state index < -0.39 is 4.92 Å². The zero-order valence-electron chi connectivity index (χ0n) is 11.8. The molecule has 0 atom stereocenters. The van der Waals surface area contributed by atoms with Crippen LogP contribution in [-0.4, -0.2) is 41.4 Å². The van der Waals surface area contributed by atoms with E-state index in [1.54, 1.807) is 6.07 Å². The van der Waals surface area contributed by atoms with Gasteiger partial charge in [-0.15, -0.1) is 0 Å². The number of halogens is 1. The van der Waals surface area contributed by atoms with E-state index in [9.17, 15) is 14.9 Å². The van der Waals surface area contributed by atoms with Gasteiger partial charge in [0, 0.05) is 25.2 Å². The zero-order chi connectivity index (χ0) is 15.4. The molecule has 7 heteroatoms. The molecule has 0 aromatic heterocycles. The standard InChI is InChI=1S/C14H18BrN3O3/c1-2-17(10-6-7-10)9-8-16-14(19)11-4-3-5-12(13(11)15)18(20)21/h3-5,10H,2,6-9H2,1H3,(H,16,19). The first-order chi connectivity index (χ1) is 10.0. The Morgan fingerprint density at radius 1 is 1.52 bits per heavy atom. The fourth-order valence-corrected chi connectivity index (χ4v) is 2.87. The van der Waals surface area contributed by atoms with Crippen LogP contribution in [0.4, 0.5) is 5.69 Å². The van der Waals surface area contributed by atoms with Gasteiger partial charge in [0.25, 0.3) is 11.6 Å². The van der Waals surface area contributed by atoms with Gasteiger partial charge < -0.3 is 5.32 Å². The topological polar surface area (TPSA) is 75.5 Å². The van der Waals surface area contributed by atoms with Crippen molar-refractivity contribution in [2.24, 2.45) is 0 Å². The molecule has 0 aliphatic heterocycles. The minimum atomic E-state index is -0.507. The second-order valence-electron chi connectivity index (χ2n) is 5.01. The largest absolute Gasteiger partial charge is 0.351 e. The van der Waals surface area contributed by atoms with Gasteiger partial charge in [-0.3, -0.25) is 19.8 Å². The van der Waals surface area contributed by atoms with Crippen LogP contribution in [0.15, 0.2) is 22.7 Å². The molecule has 21 heavy (non-hydrogen) atoms. The van der Waals surface area contributed by atoms with E-state index in [4.69, 9.17) is 0 Å². The quantitative estimate of drug-likeness (QED) is 0.602. The molecule has 1 aliphatic rings. The van der Waals surface area contributed by atoms with E-state index in [0.717, 1.165) is 13.1 Å². The number of nitrogens with one attached hydrogen (secondary N) is 1. The molecule has 1 N–H and O–H groups in total. The molecule has 2 rings (SSSR count). The number of rotatable bonds is 7. The Morgan fingerprint density at radius 2 is 2.24 bits per heavy atom. The summed E-state index contributed by atoms with van der Waals surface area (Å²) in [5.41, 5.74) is 0.189. The highest BCUT2D eigenvalue weighted by molar-refractivity contribution is 9.10. The third-order valence-corrected chi connectivity index (χ3v) is 4.41. The lowest BCUT2D eigenvalue weighted by Gasteiger charge is -2.19. The minimum absolute atomic E-state index is 0.101. The summed E-state index contributed by atoms with van der Waals surface area (Å²) >= 11 is 3.14. The first-order valence-corrected chi connectivity index (χ1v) is 7.79. The van der Waals surface area contributed by atoms with Crippen LogP contribution >= 0.6 is 15.9 Å². The molecule has 0 heterocycles. The van der Waals surface area contributed by atoms with Crippen LogP contribution in [0.3, 0.4) is 0 Å². The number of nitro benzene ring substituents is 1. The SMILES string of the molecule is CCN(CCNC(=O)c1cccc([N+](=O)[O-])c1Br)C1CC1. The summed E-state index contributed by atoms with van der Waals surface area (Å²) < 4.78 is 0.224. The van der Waals surface area contributed by atoms with Gasteiger partial charge in [-0.1, -0.05) is 13.0 Å². The molecule has 0 bridgehead atoms. The number of hydrogen-bond acceptors (Lipinski definition) is 4. The number of carbonyl (C=O) groups is 1. The summed E-state index contributed by atoms with van der Waals surface area (Å²) in [6.07, 6.45) is 2.47. The van der Waals surface area contributed by atoms with E-state index in [0.29, 0.717) is 18.2 Å². The lowest BCUT2D eigenvalue weighted by molar-refractivity contribution is -0.385. The number of nitrogens with zero attached hydrogens (tertiary/aromatic N) is 2. The highest BCUT2D eigenvalue weighted by Crippen LogP contribution is 2.28. The Balaban J connectivity index is 1.94. The van der Waals surface area contributed by atoms with Crippen molar-refractivity contribution < 1.29 is 9.72 Å². The van der Waals surface area contributed by atoms with Crippen LogP contribution in [0, 0.1) is 10.1 Å². The molecule has 1 fully saturated rings. The van der Waals surface area contributed by atoms with Crippen LogP contribution < -0.4 is 5.32 Å². The normalized spacial score (nSPS) is 14.2. The van der Waals surface area contributed by atoms with E-state index in [1.807, 2.05) is 0 Å². The first kappa shape index (κ1) is 15.9. The van der Waals surface area contributed by atoms with Gasteiger partial charge >= 0.3 is 0 Å². The molecule has 0 unspecified atom stereocenters. The molecule has 1 aromatic rings. The Labute approximate surface area is 131 Å². The Kier molecular flexibility index (Phi) is 5.30. The van der Waals surface area contributed by atoms with Crippen molar-refractivity contribution in [1.82, 2.24) is 10.2 Å². The lowest BCUT2D eigenvalue weighted by Crippen LogP contribution is -2.36. The van der Waals surface area contributed by atoms with Crippen molar-refractivity contribution in [2.75, 3.05) is 19.6 Å². The number of benzene rings is 1. The van der Waals surface area contributed by atoms with Crippen molar-refractivity contribution in [3.8, 4) is 0 Å². The van der Waals surface area contributed by atoms with Crippen molar-refractivity contribution >= 4 is 27.5 Å². The fraction of sp³-hybridized carbons (Fsp3) is 0.500. The average molecular weight is 356 g/mol. The Hall–Kier alpha value is -1.47. The van der Waals surface area contributed by atoms with Crippen LogP contribution in [0.1, 0.15) is 30.1 Å². The van der Waals surface area contributed by atoms with Gasteiger partial charge in [0.1, 0.15) is 4.47 Å². The third kappa shape index (κ3) is 4.01. The van der Waals surface area contributed by atoms with Crippen LogP contribution in [0.5, 0.6) is 0 Å². The summed E-state index contributed by atoms with van der Waals surface area (Å²) in [6, 6.07) is 5.12. The minimum Gasteiger partial charge on any atom is -0.351 e. The van der Waals surface area contributed by atoms with Gasteiger partial charge in [0.15, 0.2) is 0 Å². The Bertz CT molecular complexity index is 546. The predicted molar refractivity (Wildman–Crippen MR) is 83.4 cm³/mol. The van der Waals surface area contributed by atoms with E-state index >= 15 is 0 Å². The molecule has 1 aliphatic carbocycles. The molecule has 6 nitrogen and oxygen atoms in total. The molecule has 114 valence electrons. The van der Waals surface area contributed by atoms with Crippen LogP contribution in [0.25, 0.3) is 0 Å². The maximum atomic E-state index is 12.1. The summed E-state index contributed by atoms with van der Waals surface area (Å²) in [7, 11) is 0. The summed E-state index contributed by atoms with van der Waals surface area (Å²) in [6.45, 7) is 4.43. The Morgan fingerprint density at radius 3 is 2.81 bits per heavy atom. The number of amides is 1. The third-order valence-electron chi connectivity index (χ3n) is 3.57. The van der Waals surface area contributed by atoms with Crippen molar-refractivity contribution in [2.45, 2.75) is 25.8 Å². The molecule has 1 aromatic carbocycles. The van der Waals surface area contributed by atoms with Gasteiger partial charge in [-0.2, -0.15) is 0 Å². The number of hydrogen-bond donors (Lipinski definition) is 1. The van der Waals surface area contributed by atoms with Gasteiger partial charge in [0.2, 0.25) is 0 Å². The van der Waals surface area contributed by atoms with Gasteiger partial charge in [-0.25, -0.2) is 0 Å². The number of carbonyl (C=O) groups excluding carboxylic acids is 1. The smallest absolute Gasteiger partial charge is 0.284 e. The molecule has 0 spiro atoms. The van der Waals surface area contributed by atoms with E-state index in [-0.39, 0.29) is 16.1 Å². The molecule has 1 amide bonds. The van der Waals surface area contributed by atoms with Crippen molar-refractivity contribution in [1.29, 1.82) is 0 Å². The van der Waals surface area contributed by atoms with Crippen molar-refractivity contribution in [3.63, 3.8) is 0 Å². The summed E-state index contributed by atoms with van der Waals surface area (Å²) in [4.78, 5) is 24.8. The summed E-state index contributed by atoms with van der Waals surface area (Å²) in [5, 5.41) is 13.7. The lowest BCUT2D eigenvalue weighted by atomic mass is 10.2. The molecule has 1 saturated carbocycles. The maximum Gasteiger partial charge on any atom is 0.284 e. The van der Waals surface area contributed by atoms with Crippen molar-refractivity contribution in [3.05, 3.63) is 38.3 Å². The second kappa shape index (κ2) is 7.00. The second-order valence-corrected chi connectivity index (χ2v) is 5.80. The predicted octanol–water partition coefficient (Wildman–Crippen LogP) is 2.57. The maximum absolute atomic E-state index is 12.1. The van der Waals surface area contributed by atoms with Gasteiger partial charge in [-0.05, 0) is 41.4 Å². The fourth-order valence-electron chi connectivity index (χ4n) is 2.28. The number of likely N-dealkylation sites (N-methyl/N-ethyl adjacent to an activating group) is 1. The monoisotopic (exact) mass is 355 g/mol. The number of nitro groups is 1. The first-order valence-electron chi connectivity index (χ1n) is 6.99. The summed E-state index contributed by atoms with van der Waals surface area (Å²) in [5.74, 6) is -0.294.